The number of benzene rings is 3. The molecule has 3 N–H and O–H groups in total. The Bertz CT molecular complexity index is 1490. The summed E-state index contributed by atoms with van der Waals surface area (Å²) < 4.78 is 0.407. The molecule has 0 aliphatic carbocycles. The minimum atomic E-state index is -1.06. The zero-order valence-corrected chi connectivity index (χ0v) is 26.4. The third kappa shape index (κ3) is 8.25. The van der Waals surface area contributed by atoms with Crippen LogP contribution in [-0.2, 0) is 25.6 Å². The van der Waals surface area contributed by atoms with Crippen LogP contribution in [0.5, 0.6) is 0 Å². The van der Waals surface area contributed by atoms with E-state index in [1.165, 1.54) is 9.80 Å². The van der Waals surface area contributed by atoms with Crippen LogP contribution < -0.4 is 23.5 Å². The summed E-state index contributed by atoms with van der Waals surface area (Å²) in [4.78, 5) is 56.6. The Morgan fingerprint density at radius 3 is 2.40 bits per heavy atom. The molecule has 43 heavy (non-hydrogen) atoms. The number of carbonyl (C=O) groups excluding carboxylic acids is 4. The Morgan fingerprint density at radius 2 is 1.72 bits per heavy atom. The molecule has 0 spiro atoms. The quantitative estimate of drug-likeness (QED) is 0.323. The number of quaternary nitrogens is 1. The van der Waals surface area contributed by atoms with E-state index in [9.17, 15) is 19.2 Å². The first kappa shape index (κ1) is 33.8. The number of nitrogens with zero attached hydrogens (tertiary/aromatic N) is 3. The molecular weight excluding hydrogens is 589 g/mol. The number of primary amides is 1. The molecule has 3 aromatic rings. The van der Waals surface area contributed by atoms with Crippen LogP contribution in [-0.4, -0.2) is 90.8 Å². The van der Waals surface area contributed by atoms with Gasteiger partial charge in [-0.1, -0.05) is 66.2 Å². The van der Waals surface area contributed by atoms with Gasteiger partial charge in [-0.05, 0) is 47.4 Å². The lowest BCUT2D eigenvalue weighted by Crippen LogP contribution is -3.00. The van der Waals surface area contributed by atoms with E-state index in [2.05, 4.69) is 5.32 Å². The van der Waals surface area contributed by atoms with Crippen molar-refractivity contribution in [3.05, 3.63) is 82.9 Å². The number of nitrogens with one attached hydrogen (secondary N) is 1. The molecule has 230 valence electrons. The molecule has 1 aliphatic heterocycles. The molecule has 1 heterocycles. The van der Waals surface area contributed by atoms with Gasteiger partial charge in [-0.2, -0.15) is 0 Å². The maximum Gasteiger partial charge on any atom is 0.275 e. The highest BCUT2D eigenvalue weighted by Gasteiger charge is 2.43. The number of fused-ring (bicyclic) bond motifs is 1. The Labute approximate surface area is 263 Å². The van der Waals surface area contributed by atoms with E-state index >= 15 is 0 Å². The standard InChI is InChI=1S/C32H38ClN5O4.ClH/c1-21-15-16-36(27(31(34)41)18-23-11-7-10-22-9-5-6-14-26(22)23)32(42)30(24-12-8-13-25(33)17-24)37(21)29(40)19-35-28(39)20-38(2,3)4;/h5-14,17,21,27,30H,15-16,18-20H2,1-4H3,(H2-,34,35,39,41);1H. The second-order valence-corrected chi connectivity index (χ2v) is 12.4. The molecule has 3 unspecified atom stereocenters. The van der Waals surface area contributed by atoms with Crippen molar-refractivity contribution in [3.8, 4) is 0 Å². The molecule has 0 radical (unpaired) electrons. The average molecular weight is 629 g/mol. The van der Waals surface area contributed by atoms with Crippen molar-refractivity contribution < 1.29 is 36.1 Å². The number of hydrogen-bond donors (Lipinski definition) is 2. The fourth-order valence-corrected chi connectivity index (χ4v) is 5.78. The Balaban J connectivity index is 0.00000506. The van der Waals surface area contributed by atoms with E-state index in [1.54, 1.807) is 24.3 Å². The maximum atomic E-state index is 14.4. The monoisotopic (exact) mass is 627 g/mol. The summed E-state index contributed by atoms with van der Waals surface area (Å²) in [5.74, 6) is -1.71. The lowest BCUT2D eigenvalue weighted by Gasteiger charge is -2.36. The molecule has 1 fully saturated rings. The summed E-state index contributed by atoms with van der Waals surface area (Å²) in [5, 5.41) is 5.12. The van der Waals surface area contributed by atoms with Gasteiger partial charge in [0.25, 0.3) is 11.8 Å². The highest BCUT2D eigenvalue weighted by atomic mass is 35.5. The SMILES string of the molecule is CC1CCN(C(Cc2cccc3ccccc23)C(N)=O)C(=O)C(c2cccc(Cl)c2)N1C(=O)CNC(=O)C[N+](C)(C)C.[Cl-]. The Morgan fingerprint density at radius 1 is 1.05 bits per heavy atom. The molecule has 0 bridgehead atoms. The van der Waals surface area contributed by atoms with Crippen LogP contribution in [0, 0.1) is 0 Å². The maximum absolute atomic E-state index is 14.4. The van der Waals surface area contributed by atoms with Gasteiger partial charge in [-0.25, -0.2) is 0 Å². The topological polar surface area (TPSA) is 113 Å². The summed E-state index contributed by atoms with van der Waals surface area (Å²) in [7, 11) is 5.65. The predicted octanol–water partition coefficient (Wildman–Crippen LogP) is -0.0933. The molecule has 9 nitrogen and oxygen atoms in total. The van der Waals surface area contributed by atoms with Crippen molar-refractivity contribution in [2.75, 3.05) is 40.8 Å². The van der Waals surface area contributed by atoms with E-state index in [0.29, 0.717) is 21.5 Å². The summed E-state index contributed by atoms with van der Waals surface area (Å²) >= 11 is 6.33. The molecule has 11 heteroatoms. The van der Waals surface area contributed by atoms with E-state index in [1.807, 2.05) is 70.5 Å². The first-order valence-electron chi connectivity index (χ1n) is 14.1. The van der Waals surface area contributed by atoms with Crippen molar-refractivity contribution in [1.82, 2.24) is 15.1 Å². The second kappa shape index (κ2) is 14.2. The Hall–Kier alpha value is -3.66. The van der Waals surface area contributed by atoms with Gasteiger partial charge in [0.15, 0.2) is 6.54 Å². The molecule has 0 saturated carbocycles. The van der Waals surface area contributed by atoms with Crippen LogP contribution in [0.2, 0.25) is 5.02 Å². The second-order valence-electron chi connectivity index (χ2n) is 11.9. The molecule has 3 atom stereocenters. The number of carbonyl (C=O) groups is 4. The van der Waals surface area contributed by atoms with Crippen LogP contribution in [0.25, 0.3) is 10.8 Å². The number of likely N-dealkylation sites (N-methyl/N-ethyl adjacent to an activating group) is 1. The number of amides is 4. The molecule has 1 saturated heterocycles. The van der Waals surface area contributed by atoms with Gasteiger partial charge in [-0.3, -0.25) is 19.2 Å². The van der Waals surface area contributed by atoms with Crippen molar-refractivity contribution in [2.24, 2.45) is 5.73 Å². The van der Waals surface area contributed by atoms with Gasteiger partial charge >= 0.3 is 0 Å². The van der Waals surface area contributed by atoms with Crippen molar-refractivity contribution in [2.45, 2.75) is 37.9 Å². The normalized spacial score (nSPS) is 18.0. The van der Waals surface area contributed by atoms with E-state index in [-0.39, 0.29) is 50.4 Å². The van der Waals surface area contributed by atoms with Gasteiger partial charge in [0.2, 0.25) is 11.8 Å². The highest BCUT2D eigenvalue weighted by molar-refractivity contribution is 6.30. The number of nitrogens with two attached hydrogens (primary N) is 1. The minimum Gasteiger partial charge on any atom is -1.00 e. The van der Waals surface area contributed by atoms with Crippen LogP contribution in [0.1, 0.15) is 30.5 Å². The molecule has 0 aromatic heterocycles. The molecular formula is C32H39Cl2N5O4. The number of halogens is 2. The fraction of sp³-hybridized carbons (Fsp3) is 0.375. The van der Waals surface area contributed by atoms with Gasteiger partial charge in [-0.15, -0.1) is 0 Å². The smallest absolute Gasteiger partial charge is 0.275 e. The molecule has 3 aromatic carbocycles. The summed E-state index contributed by atoms with van der Waals surface area (Å²) in [6, 6.07) is 18.1. The third-order valence-corrected chi connectivity index (χ3v) is 7.80. The molecule has 1 aliphatic rings. The zero-order chi connectivity index (χ0) is 30.6. The van der Waals surface area contributed by atoms with Gasteiger partial charge in [0.1, 0.15) is 12.1 Å². The fourth-order valence-electron chi connectivity index (χ4n) is 5.58. The summed E-state index contributed by atoms with van der Waals surface area (Å²) in [6.45, 7) is 2.03. The van der Waals surface area contributed by atoms with Crippen LogP contribution in [0.3, 0.4) is 0 Å². The first-order chi connectivity index (χ1) is 19.9. The zero-order valence-electron chi connectivity index (χ0n) is 24.9. The largest absolute Gasteiger partial charge is 1.00 e. The highest BCUT2D eigenvalue weighted by Crippen LogP contribution is 2.33. The van der Waals surface area contributed by atoms with Crippen molar-refractivity contribution in [1.29, 1.82) is 0 Å². The summed E-state index contributed by atoms with van der Waals surface area (Å²) in [5.41, 5.74) is 7.37. The van der Waals surface area contributed by atoms with Crippen LogP contribution >= 0.6 is 11.6 Å². The average Bonchev–Trinajstić information content (AvgIpc) is 3.05. The van der Waals surface area contributed by atoms with Gasteiger partial charge < -0.3 is 37.7 Å². The summed E-state index contributed by atoms with van der Waals surface area (Å²) in [6.07, 6.45) is 0.648. The van der Waals surface area contributed by atoms with E-state index < -0.39 is 29.8 Å². The van der Waals surface area contributed by atoms with E-state index in [4.69, 9.17) is 17.3 Å². The van der Waals surface area contributed by atoms with E-state index in [0.717, 1.165) is 16.3 Å². The van der Waals surface area contributed by atoms with Crippen molar-refractivity contribution in [3.63, 3.8) is 0 Å². The third-order valence-electron chi connectivity index (χ3n) is 7.56. The molecule has 4 rings (SSSR count). The number of rotatable bonds is 9. The van der Waals surface area contributed by atoms with Crippen LogP contribution in [0.4, 0.5) is 0 Å². The first-order valence-corrected chi connectivity index (χ1v) is 14.4. The van der Waals surface area contributed by atoms with Gasteiger partial charge in [0.05, 0.1) is 27.7 Å². The lowest BCUT2D eigenvalue weighted by atomic mass is 9.96. The Kier molecular flexibility index (Phi) is 11.2. The van der Waals surface area contributed by atoms with Gasteiger partial charge in [0, 0.05) is 24.0 Å². The molecule has 4 amide bonds. The predicted molar refractivity (Wildman–Crippen MR) is 163 cm³/mol. The number of hydrogen-bond acceptors (Lipinski definition) is 4. The van der Waals surface area contributed by atoms with Crippen LogP contribution in [0.15, 0.2) is 66.7 Å². The minimum absolute atomic E-state index is 0. The lowest BCUT2D eigenvalue weighted by molar-refractivity contribution is -0.862. The van der Waals surface area contributed by atoms with Crippen molar-refractivity contribution >= 4 is 46.0 Å².